The first-order chi connectivity index (χ1) is 5.68. The van der Waals surface area contributed by atoms with E-state index in [1.54, 1.807) is 0 Å². The van der Waals surface area contributed by atoms with Gasteiger partial charge in [-0.15, -0.1) is 5.10 Å². The number of nitrogens with zero attached hydrogens (tertiary/aromatic N) is 2. The summed E-state index contributed by atoms with van der Waals surface area (Å²) >= 11 is 5.38. The van der Waals surface area contributed by atoms with Crippen molar-refractivity contribution in [1.82, 2.24) is 20.2 Å². The second-order valence-electron chi connectivity index (χ2n) is 2.09. The van der Waals surface area contributed by atoms with Gasteiger partial charge in [0.1, 0.15) is 0 Å². The van der Waals surface area contributed by atoms with Gasteiger partial charge in [0, 0.05) is 0 Å². The SMILES string of the molecule is O=c1[nH]c(Cl)nc2c(F)n[nH]c12. The van der Waals surface area contributed by atoms with Gasteiger partial charge in [-0.25, -0.2) is 4.98 Å². The maximum atomic E-state index is 12.7. The molecular weight excluding hydrogens is 187 g/mol. The van der Waals surface area contributed by atoms with Gasteiger partial charge >= 0.3 is 0 Å². The van der Waals surface area contributed by atoms with E-state index in [4.69, 9.17) is 11.6 Å². The Bertz CT molecular complexity index is 490. The van der Waals surface area contributed by atoms with Crippen LogP contribution in [0.3, 0.4) is 0 Å². The third-order valence-electron chi connectivity index (χ3n) is 1.35. The van der Waals surface area contributed by atoms with Crippen LogP contribution in [0.15, 0.2) is 4.79 Å². The maximum Gasteiger partial charge on any atom is 0.277 e. The van der Waals surface area contributed by atoms with Gasteiger partial charge in [0.25, 0.3) is 11.5 Å². The number of aromatic nitrogens is 4. The van der Waals surface area contributed by atoms with Crippen LogP contribution in [0, 0.1) is 5.95 Å². The summed E-state index contributed by atoms with van der Waals surface area (Å²) in [6.45, 7) is 0. The van der Waals surface area contributed by atoms with Crippen LogP contribution in [0.4, 0.5) is 4.39 Å². The molecule has 2 rings (SSSR count). The molecule has 0 aliphatic heterocycles. The second kappa shape index (κ2) is 2.28. The van der Waals surface area contributed by atoms with Gasteiger partial charge in [-0.05, 0) is 11.6 Å². The van der Waals surface area contributed by atoms with E-state index in [1.807, 2.05) is 0 Å². The average molecular weight is 189 g/mol. The van der Waals surface area contributed by atoms with Gasteiger partial charge < -0.3 is 0 Å². The zero-order valence-corrected chi connectivity index (χ0v) is 6.31. The summed E-state index contributed by atoms with van der Waals surface area (Å²) in [4.78, 5) is 16.7. The summed E-state index contributed by atoms with van der Waals surface area (Å²) in [5.41, 5.74) is -0.706. The number of fused-ring (bicyclic) bond motifs is 1. The lowest BCUT2D eigenvalue weighted by Crippen LogP contribution is -2.07. The molecule has 7 heteroatoms. The van der Waals surface area contributed by atoms with Crippen molar-refractivity contribution in [3.63, 3.8) is 0 Å². The lowest BCUT2D eigenvalue weighted by Gasteiger charge is -1.88. The molecule has 0 unspecified atom stereocenters. The Labute approximate surface area is 69.6 Å². The fraction of sp³-hybridized carbons (Fsp3) is 0. The molecule has 2 aromatic rings. The van der Waals surface area contributed by atoms with Gasteiger partial charge in [-0.1, -0.05) is 0 Å². The minimum absolute atomic E-state index is 0.0168. The largest absolute Gasteiger partial charge is 0.295 e. The summed E-state index contributed by atoms with van der Waals surface area (Å²) in [7, 11) is 0. The minimum Gasteiger partial charge on any atom is -0.295 e. The summed E-state index contributed by atoms with van der Waals surface area (Å²) in [6, 6.07) is 0. The van der Waals surface area contributed by atoms with Gasteiger partial charge in [0.15, 0.2) is 11.0 Å². The van der Waals surface area contributed by atoms with Crippen molar-refractivity contribution in [2.24, 2.45) is 0 Å². The average Bonchev–Trinajstić information content (AvgIpc) is 2.33. The fourth-order valence-electron chi connectivity index (χ4n) is 0.857. The van der Waals surface area contributed by atoms with Crippen molar-refractivity contribution in [3.8, 4) is 0 Å². The molecule has 2 N–H and O–H groups in total. The van der Waals surface area contributed by atoms with Gasteiger partial charge in [-0.2, -0.15) is 4.39 Å². The van der Waals surface area contributed by atoms with Gasteiger partial charge in [0.05, 0.1) is 0 Å². The molecule has 0 aliphatic carbocycles. The van der Waals surface area contributed by atoms with E-state index in [0.29, 0.717) is 0 Å². The number of hydrogen-bond donors (Lipinski definition) is 2. The van der Waals surface area contributed by atoms with E-state index < -0.39 is 11.5 Å². The van der Waals surface area contributed by atoms with E-state index in [2.05, 4.69) is 20.2 Å². The monoisotopic (exact) mass is 188 g/mol. The Morgan fingerprint density at radius 2 is 2.25 bits per heavy atom. The van der Waals surface area contributed by atoms with Gasteiger partial charge in [-0.3, -0.25) is 14.9 Å². The first-order valence-corrected chi connectivity index (χ1v) is 3.35. The number of nitrogens with one attached hydrogen (secondary N) is 2. The summed E-state index contributed by atoms with van der Waals surface area (Å²) < 4.78 is 12.7. The first-order valence-electron chi connectivity index (χ1n) is 2.98. The molecule has 0 fully saturated rings. The Balaban J connectivity index is 3.03. The summed E-state index contributed by atoms with van der Waals surface area (Å²) in [6.07, 6.45) is 0. The highest BCUT2D eigenvalue weighted by molar-refractivity contribution is 6.28. The van der Waals surface area contributed by atoms with Crippen molar-refractivity contribution >= 4 is 22.6 Å². The van der Waals surface area contributed by atoms with Crippen LogP contribution in [0.1, 0.15) is 0 Å². The lowest BCUT2D eigenvalue weighted by atomic mass is 10.5. The molecule has 0 bridgehead atoms. The van der Waals surface area contributed by atoms with Crippen molar-refractivity contribution < 1.29 is 4.39 Å². The number of aromatic amines is 2. The molecule has 2 heterocycles. The summed E-state index contributed by atoms with van der Waals surface area (Å²) in [5, 5.41) is 5.20. The van der Waals surface area contributed by atoms with Crippen LogP contribution in [0.25, 0.3) is 11.0 Å². The number of hydrogen-bond acceptors (Lipinski definition) is 3. The molecule has 62 valence electrons. The lowest BCUT2D eigenvalue weighted by molar-refractivity contribution is 0.586. The second-order valence-corrected chi connectivity index (χ2v) is 2.45. The molecule has 0 amide bonds. The third-order valence-corrected chi connectivity index (χ3v) is 1.53. The molecule has 0 saturated heterocycles. The van der Waals surface area contributed by atoms with E-state index in [1.165, 1.54) is 0 Å². The molecule has 2 aromatic heterocycles. The van der Waals surface area contributed by atoms with E-state index in [-0.39, 0.29) is 16.3 Å². The van der Waals surface area contributed by atoms with E-state index >= 15 is 0 Å². The zero-order chi connectivity index (χ0) is 8.72. The molecule has 0 aromatic carbocycles. The number of halogens is 2. The Hall–Kier alpha value is -1.43. The predicted octanol–water partition coefficient (Wildman–Crippen LogP) is 0.439. The topological polar surface area (TPSA) is 74.4 Å². The highest BCUT2D eigenvalue weighted by Crippen LogP contribution is 2.08. The molecule has 5 nitrogen and oxygen atoms in total. The molecule has 0 atom stereocenters. The highest BCUT2D eigenvalue weighted by atomic mass is 35.5. The zero-order valence-electron chi connectivity index (χ0n) is 5.56. The van der Waals surface area contributed by atoms with Crippen LogP contribution in [-0.2, 0) is 0 Å². The van der Waals surface area contributed by atoms with Crippen molar-refractivity contribution in [3.05, 3.63) is 21.6 Å². The van der Waals surface area contributed by atoms with Crippen molar-refractivity contribution in [2.45, 2.75) is 0 Å². The van der Waals surface area contributed by atoms with E-state index in [9.17, 15) is 9.18 Å². The molecule has 0 aliphatic rings. The Morgan fingerprint density at radius 1 is 1.50 bits per heavy atom. The predicted molar refractivity (Wildman–Crippen MR) is 39.5 cm³/mol. The Morgan fingerprint density at radius 3 is 3.00 bits per heavy atom. The van der Waals surface area contributed by atoms with Crippen molar-refractivity contribution in [1.29, 1.82) is 0 Å². The van der Waals surface area contributed by atoms with Crippen LogP contribution in [-0.4, -0.2) is 20.2 Å². The molecule has 12 heavy (non-hydrogen) atoms. The summed E-state index contributed by atoms with van der Waals surface area (Å²) in [5.74, 6) is -0.835. The molecule has 0 spiro atoms. The van der Waals surface area contributed by atoms with Crippen LogP contribution in [0.5, 0.6) is 0 Å². The van der Waals surface area contributed by atoms with Crippen molar-refractivity contribution in [2.75, 3.05) is 0 Å². The minimum atomic E-state index is -0.835. The third kappa shape index (κ3) is 0.884. The molecule has 0 radical (unpaired) electrons. The van der Waals surface area contributed by atoms with Crippen LogP contribution < -0.4 is 5.56 Å². The van der Waals surface area contributed by atoms with Crippen LogP contribution >= 0.6 is 11.6 Å². The first kappa shape index (κ1) is 7.23. The normalized spacial score (nSPS) is 10.8. The van der Waals surface area contributed by atoms with E-state index in [0.717, 1.165) is 0 Å². The smallest absolute Gasteiger partial charge is 0.277 e. The van der Waals surface area contributed by atoms with Gasteiger partial charge in [0.2, 0.25) is 5.28 Å². The number of rotatable bonds is 0. The standard InChI is InChI=1S/C5H2ClFN4O/c6-5-8-1-2(4(12)9-5)10-11-3(1)7/h(H,10,11)(H,8,9,12). The molecular formula is C5H2ClFN4O. The quantitative estimate of drug-likeness (QED) is 0.589. The highest BCUT2D eigenvalue weighted by Gasteiger charge is 2.09. The Kier molecular flexibility index (Phi) is 1.37. The fourth-order valence-corrected chi connectivity index (χ4v) is 1.03. The number of H-pyrrole nitrogens is 2. The molecule has 0 saturated carbocycles. The maximum absolute atomic E-state index is 12.7. The van der Waals surface area contributed by atoms with Crippen LogP contribution in [0.2, 0.25) is 5.28 Å².